The molecule has 1 nitrogen and oxygen atoms in total. The summed E-state index contributed by atoms with van der Waals surface area (Å²) in [5, 5.41) is 0. The lowest BCUT2D eigenvalue weighted by Gasteiger charge is -2.51. The zero-order chi connectivity index (χ0) is 43.7. The molecule has 2 saturated carbocycles. The van der Waals surface area contributed by atoms with Gasteiger partial charge in [-0.2, -0.15) is 0 Å². The second-order valence-electron chi connectivity index (χ2n) is 20.1. The number of hydrogen-bond donors (Lipinski definition) is 0. The largest absolute Gasteiger partial charge is 0.365 e. The summed E-state index contributed by atoms with van der Waals surface area (Å²) in [5.74, 6) is 6.73. The molecule has 4 aliphatic rings. The molecule has 1 saturated heterocycles. The van der Waals surface area contributed by atoms with Gasteiger partial charge < -0.3 is 4.90 Å². The summed E-state index contributed by atoms with van der Waals surface area (Å²) in [6.45, 7) is 55.1. The molecule has 2 aliphatic heterocycles. The maximum absolute atomic E-state index is 4.98. The number of piperidine rings is 1. The lowest BCUT2D eigenvalue weighted by atomic mass is 9.56. The highest BCUT2D eigenvalue weighted by molar-refractivity contribution is 5.34. The van der Waals surface area contributed by atoms with Gasteiger partial charge >= 0.3 is 0 Å². The van der Waals surface area contributed by atoms with E-state index in [9.17, 15) is 0 Å². The lowest BCUT2D eigenvalue weighted by molar-refractivity contribution is 0.0578. The molecule has 1 heteroatoms. The fourth-order valence-corrected chi connectivity index (χ4v) is 12.1. The van der Waals surface area contributed by atoms with Gasteiger partial charge in [-0.05, 0) is 168 Å². The van der Waals surface area contributed by atoms with E-state index < -0.39 is 0 Å². The van der Waals surface area contributed by atoms with E-state index in [-0.39, 0.29) is 5.41 Å². The van der Waals surface area contributed by atoms with E-state index in [2.05, 4.69) is 92.0 Å². The maximum Gasteiger partial charge on any atom is 0.0499 e. The van der Waals surface area contributed by atoms with E-state index in [1.54, 1.807) is 5.57 Å². The van der Waals surface area contributed by atoms with E-state index in [0.29, 0.717) is 41.5 Å². The molecule has 0 spiro atoms. The number of fused-ring (bicyclic) bond motifs is 3. The summed E-state index contributed by atoms with van der Waals surface area (Å²) >= 11 is 0. The molecule has 2 bridgehead atoms. The van der Waals surface area contributed by atoms with Gasteiger partial charge in [-0.3, -0.25) is 0 Å². The highest BCUT2D eigenvalue weighted by atomic mass is 15.2. The van der Waals surface area contributed by atoms with Crippen molar-refractivity contribution >= 4 is 0 Å². The quantitative estimate of drug-likeness (QED) is 0.242. The van der Waals surface area contributed by atoms with Gasteiger partial charge in [0.2, 0.25) is 0 Å². The Hall–Kier alpha value is -2.02. The van der Waals surface area contributed by atoms with Crippen LogP contribution in [-0.4, -0.2) is 17.5 Å². The molecule has 8 unspecified atom stereocenters. The van der Waals surface area contributed by atoms with Crippen molar-refractivity contribution in [3.63, 3.8) is 0 Å². The Balaban J connectivity index is 0.00000281. The van der Waals surface area contributed by atoms with Crippen LogP contribution in [0.1, 0.15) is 199 Å². The Morgan fingerprint density at radius 3 is 2.12 bits per heavy atom. The summed E-state index contributed by atoms with van der Waals surface area (Å²) in [7, 11) is 0. The van der Waals surface area contributed by atoms with Gasteiger partial charge in [-0.15, -0.1) is 6.58 Å². The highest BCUT2D eigenvalue weighted by Crippen LogP contribution is 2.54. The van der Waals surface area contributed by atoms with Gasteiger partial charge in [0, 0.05) is 24.2 Å². The van der Waals surface area contributed by atoms with Gasteiger partial charge in [0.15, 0.2) is 0 Å². The molecule has 58 heavy (non-hydrogen) atoms. The number of nitrogens with zero attached hydrogens (tertiary/aromatic N) is 1. The minimum Gasteiger partial charge on any atom is -0.365 e. The number of allylic oxidation sites excluding steroid dienone is 7. The molecule has 0 aromatic heterocycles. The van der Waals surface area contributed by atoms with Gasteiger partial charge in [-0.25, -0.2) is 0 Å². The van der Waals surface area contributed by atoms with E-state index in [0.717, 1.165) is 49.5 Å². The fraction of sp³-hybridized carbons (Fsp3) is 0.754. The third-order valence-corrected chi connectivity index (χ3v) is 16.2. The van der Waals surface area contributed by atoms with Crippen LogP contribution in [0.25, 0.3) is 0 Å². The van der Waals surface area contributed by atoms with Crippen LogP contribution >= 0.6 is 0 Å². The molecule has 2 heterocycles. The van der Waals surface area contributed by atoms with Crippen molar-refractivity contribution in [1.29, 1.82) is 0 Å². The van der Waals surface area contributed by atoms with Crippen molar-refractivity contribution in [2.24, 2.45) is 64.6 Å². The van der Waals surface area contributed by atoms with Crippen molar-refractivity contribution in [3.05, 3.63) is 84.7 Å². The van der Waals surface area contributed by atoms with Crippen molar-refractivity contribution in [3.8, 4) is 0 Å². The second-order valence-corrected chi connectivity index (χ2v) is 20.1. The third kappa shape index (κ3) is 14.0. The lowest BCUT2D eigenvalue weighted by Crippen LogP contribution is -2.45. The van der Waals surface area contributed by atoms with E-state index in [1.807, 2.05) is 27.7 Å². The molecular weight excluding hydrogens is 699 g/mol. The Labute approximate surface area is 364 Å². The average molecular weight is 798 g/mol. The first-order valence-corrected chi connectivity index (χ1v) is 25.1. The number of hydrogen-bond acceptors (Lipinski definition) is 1. The molecule has 0 radical (unpaired) electrons. The SMILES string of the molecule is C=CCC1/C=C(\C)C[C@H](C)CCC2CC(C)(C(=C)C(=C)N3CCCCC3C(=C)C[C@H](/C(C)=C/C3CC[C@@H](C)C(CC)C3)[C@H](C)CCC1=C)C(C)CC2CC.CC.CC. The summed E-state index contributed by atoms with van der Waals surface area (Å²) in [4.78, 5) is 2.68. The Morgan fingerprint density at radius 1 is 0.810 bits per heavy atom. The Morgan fingerprint density at radius 2 is 1.48 bits per heavy atom. The first-order valence-electron chi connectivity index (χ1n) is 25.1. The highest BCUT2D eigenvalue weighted by Gasteiger charge is 2.45. The van der Waals surface area contributed by atoms with E-state index >= 15 is 0 Å². The molecule has 0 aromatic carbocycles. The van der Waals surface area contributed by atoms with Crippen molar-refractivity contribution < 1.29 is 0 Å². The monoisotopic (exact) mass is 798 g/mol. The van der Waals surface area contributed by atoms with Crippen LogP contribution in [0.3, 0.4) is 0 Å². The second kappa shape index (κ2) is 25.7. The van der Waals surface area contributed by atoms with Crippen LogP contribution in [0.4, 0.5) is 0 Å². The zero-order valence-corrected chi connectivity index (χ0v) is 41.3. The Bertz CT molecular complexity index is 1350. The third-order valence-electron chi connectivity index (χ3n) is 16.2. The smallest absolute Gasteiger partial charge is 0.0499 e. The average Bonchev–Trinajstić information content (AvgIpc) is 3.22. The maximum atomic E-state index is 4.98. The molecule has 0 aromatic rings. The van der Waals surface area contributed by atoms with Crippen LogP contribution < -0.4 is 0 Å². The normalized spacial score (nSPS) is 37.4. The van der Waals surface area contributed by atoms with Crippen LogP contribution in [0.5, 0.6) is 0 Å². The fourth-order valence-electron chi connectivity index (χ4n) is 12.1. The molecule has 3 fully saturated rings. The first-order chi connectivity index (χ1) is 27.6. The molecule has 4 rings (SSSR count). The van der Waals surface area contributed by atoms with E-state index in [1.165, 1.54) is 118 Å². The molecule has 332 valence electrons. The minimum atomic E-state index is 0.0804. The van der Waals surface area contributed by atoms with E-state index in [4.69, 9.17) is 26.3 Å². The van der Waals surface area contributed by atoms with Gasteiger partial charge in [0.05, 0.1) is 0 Å². The van der Waals surface area contributed by atoms with Crippen molar-refractivity contribution in [2.75, 3.05) is 6.54 Å². The standard InChI is InChI=1S/C53H87N.2C2H6/c1-15-20-49-30-37(5)29-36(4)22-27-50-35-53(14,43(11)33-48(50)17-3)44(12)45(13)54-28-19-18-21-52(54)42(10)32-51(40(8)24-23-39(49)7)41(9)31-46-26-25-38(6)47(16-2)34-46;2*1-2/h15,30-31,36,38,40,43,46-52H,1,7,10,12-13,16-29,32-35H2,2-6,8-9,11,14H3;2*1-2H3/b37-30+,41-31+;;/t36-,38-,40-,43?,46?,47?,48?,49?,50?,51+,52?,53?;;/m1../s1. The predicted octanol–water partition coefficient (Wildman–Crippen LogP) is 17.9. The van der Waals surface area contributed by atoms with Crippen LogP contribution in [-0.2, 0) is 0 Å². The predicted molar refractivity (Wildman–Crippen MR) is 263 cm³/mol. The zero-order valence-electron chi connectivity index (χ0n) is 41.3. The summed E-state index contributed by atoms with van der Waals surface area (Å²) in [6.07, 6.45) is 28.5. The van der Waals surface area contributed by atoms with Crippen molar-refractivity contribution in [2.45, 2.75) is 205 Å². The van der Waals surface area contributed by atoms with Crippen LogP contribution in [0.15, 0.2) is 84.7 Å². The molecule has 12 atom stereocenters. The van der Waals surface area contributed by atoms with Gasteiger partial charge in [0.1, 0.15) is 0 Å². The molecule has 0 amide bonds. The molecule has 0 N–H and O–H groups in total. The summed E-state index contributed by atoms with van der Waals surface area (Å²) < 4.78 is 0. The Kier molecular flexibility index (Phi) is 23.1. The summed E-state index contributed by atoms with van der Waals surface area (Å²) in [6, 6.07) is 0.349. The van der Waals surface area contributed by atoms with Crippen LogP contribution in [0, 0.1) is 64.6 Å². The number of rotatable bonds is 6. The summed E-state index contributed by atoms with van der Waals surface area (Å²) in [5.41, 5.74) is 8.57. The van der Waals surface area contributed by atoms with Crippen LogP contribution in [0.2, 0.25) is 0 Å². The topological polar surface area (TPSA) is 3.24 Å². The van der Waals surface area contributed by atoms with Crippen molar-refractivity contribution in [1.82, 2.24) is 4.90 Å². The molecular formula is C57H99N. The van der Waals surface area contributed by atoms with Gasteiger partial charge in [-0.1, -0.05) is 162 Å². The molecule has 2 aliphatic carbocycles. The minimum absolute atomic E-state index is 0.0804. The first kappa shape index (κ1) is 52.1. The van der Waals surface area contributed by atoms with Gasteiger partial charge in [0.25, 0.3) is 0 Å².